The van der Waals surface area contributed by atoms with Crippen molar-refractivity contribution in [1.29, 1.82) is 0 Å². The first-order valence-electron chi connectivity index (χ1n) is 9.07. The second kappa shape index (κ2) is 15.6. The summed E-state index contributed by atoms with van der Waals surface area (Å²) in [6.07, 6.45) is 19.8. The van der Waals surface area contributed by atoms with Crippen LogP contribution in [0, 0.1) is 0 Å². The predicted molar refractivity (Wildman–Crippen MR) is 93.4 cm³/mol. The molecule has 122 valence electrons. The number of hydrogen-bond donors (Lipinski definition) is 0. The minimum absolute atomic E-state index is 0.518. The summed E-state index contributed by atoms with van der Waals surface area (Å²) < 4.78 is 1.81. The van der Waals surface area contributed by atoms with E-state index in [1.807, 2.05) is 7.05 Å². The van der Waals surface area contributed by atoms with Crippen molar-refractivity contribution in [2.24, 2.45) is 0 Å². The molecule has 0 rings (SSSR count). The fourth-order valence-corrected chi connectivity index (χ4v) is 2.73. The maximum atomic E-state index is 5.91. The van der Waals surface area contributed by atoms with E-state index in [9.17, 15) is 0 Å². The van der Waals surface area contributed by atoms with Gasteiger partial charge in [-0.05, 0) is 25.1 Å². The van der Waals surface area contributed by atoms with Gasteiger partial charge in [0.05, 0.1) is 0 Å². The van der Waals surface area contributed by atoms with E-state index in [0.717, 1.165) is 0 Å². The molecule has 0 heterocycles. The molecule has 0 aromatic carbocycles. The molecule has 0 saturated heterocycles. The van der Waals surface area contributed by atoms with Crippen molar-refractivity contribution < 1.29 is 0 Å². The van der Waals surface area contributed by atoms with E-state index in [1.165, 1.54) is 89.9 Å². The Balaban J connectivity index is 3.03. The molecule has 0 saturated carbocycles. The van der Waals surface area contributed by atoms with Crippen molar-refractivity contribution in [3.63, 3.8) is 0 Å². The van der Waals surface area contributed by atoms with Crippen LogP contribution in [0.1, 0.15) is 104 Å². The van der Waals surface area contributed by atoms with Gasteiger partial charge in [0, 0.05) is 13.1 Å². The first-order chi connectivity index (χ1) is 9.68. The summed E-state index contributed by atoms with van der Waals surface area (Å²) in [7, 11) is 1.95. The normalized spacial score (nSPS) is 13.1. The van der Waals surface area contributed by atoms with Crippen LogP contribution in [0.5, 0.6) is 0 Å². The van der Waals surface area contributed by atoms with Crippen molar-refractivity contribution >= 4 is 11.8 Å². The maximum absolute atomic E-state index is 5.91. The van der Waals surface area contributed by atoms with Crippen molar-refractivity contribution in [1.82, 2.24) is 4.42 Å². The molecule has 0 aromatic heterocycles. The van der Waals surface area contributed by atoms with Crippen molar-refractivity contribution in [2.45, 2.75) is 110 Å². The number of halogens is 1. The molecular formula is C18H38ClN. The first-order valence-corrected chi connectivity index (χ1v) is 9.41. The lowest BCUT2D eigenvalue weighted by atomic mass is 10.0. The van der Waals surface area contributed by atoms with Gasteiger partial charge in [-0.15, -0.1) is 0 Å². The van der Waals surface area contributed by atoms with Crippen LogP contribution in [0.15, 0.2) is 0 Å². The molecule has 0 fully saturated rings. The zero-order valence-electron chi connectivity index (χ0n) is 14.3. The summed E-state index contributed by atoms with van der Waals surface area (Å²) in [6, 6.07) is 0.518. The molecule has 0 aromatic rings. The van der Waals surface area contributed by atoms with Crippen LogP contribution in [0.4, 0.5) is 0 Å². The zero-order chi connectivity index (χ0) is 15.1. The van der Waals surface area contributed by atoms with Gasteiger partial charge >= 0.3 is 0 Å². The summed E-state index contributed by atoms with van der Waals surface area (Å²) in [5.74, 6) is 0. The lowest BCUT2D eigenvalue weighted by Crippen LogP contribution is -2.19. The summed E-state index contributed by atoms with van der Waals surface area (Å²) in [5.41, 5.74) is 0. The number of unbranched alkanes of at least 4 members (excludes halogenated alkanes) is 12. The Labute approximate surface area is 133 Å². The van der Waals surface area contributed by atoms with Gasteiger partial charge in [0.2, 0.25) is 0 Å². The minimum Gasteiger partial charge on any atom is -0.220 e. The summed E-state index contributed by atoms with van der Waals surface area (Å²) in [4.78, 5) is 0. The predicted octanol–water partition coefficient (Wildman–Crippen LogP) is 6.94. The zero-order valence-corrected chi connectivity index (χ0v) is 15.1. The molecule has 0 amide bonds. The lowest BCUT2D eigenvalue weighted by molar-refractivity contribution is 0.382. The summed E-state index contributed by atoms with van der Waals surface area (Å²) in [6.45, 7) is 4.49. The SMILES string of the molecule is CCCCCCCCCCCCCCCC(C)N(C)Cl. The molecular weight excluding hydrogens is 266 g/mol. The molecule has 0 aliphatic heterocycles. The standard InChI is InChI=1S/C18H38ClN/c1-4-5-6-7-8-9-10-11-12-13-14-15-16-17-18(2)20(3)19/h18H,4-17H2,1-3H3. The number of hydrogen-bond acceptors (Lipinski definition) is 1. The molecule has 0 N–H and O–H groups in total. The van der Waals surface area contributed by atoms with Crippen LogP contribution >= 0.6 is 11.8 Å². The molecule has 0 aliphatic rings. The van der Waals surface area contributed by atoms with E-state index in [4.69, 9.17) is 11.8 Å². The fraction of sp³-hybridized carbons (Fsp3) is 1.00. The average molecular weight is 304 g/mol. The first kappa shape index (κ1) is 20.2. The van der Waals surface area contributed by atoms with Gasteiger partial charge in [0.15, 0.2) is 0 Å². The van der Waals surface area contributed by atoms with E-state index in [2.05, 4.69) is 13.8 Å². The fourth-order valence-electron chi connectivity index (χ4n) is 2.64. The molecule has 1 nitrogen and oxygen atoms in total. The van der Waals surface area contributed by atoms with Crippen LogP contribution in [-0.4, -0.2) is 17.5 Å². The third-order valence-electron chi connectivity index (χ3n) is 4.33. The van der Waals surface area contributed by atoms with Gasteiger partial charge in [0.1, 0.15) is 0 Å². The Hall–Kier alpha value is 0.250. The van der Waals surface area contributed by atoms with Gasteiger partial charge < -0.3 is 0 Å². The Morgan fingerprint density at radius 1 is 0.700 bits per heavy atom. The quantitative estimate of drug-likeness (QED) is 0.234. The number of nitrogens with zero attached hydrogens (tertiary/aromatic N) is 1. The molecule has 0 spiro atoms. The number of rotatable bonds is 15. The monoisotopic (exact) mass is 303 g/mol. The van der Waals surface area contributed by atoms with Gasteiger partial charge in [-0.3, -0.25) is 0 Å². The topological polar surface area (TPSA) is 3.24 Å². The second-order valence-electron chi connectivity index (χ2n) is 6.41. The van der Waals surface area contributed by atoms with Gasteiger partial charge in [-0.25, -0.2) is 4.42 Å². The van der Waals surface area contributed by atoms with Gasteiger partial charge in [-0.1, -0.05) is 90.4 Å². The van der Waals surface area contributed by atoms with Crippen LogP contribution in [0.3, 0.4) is 0 Å². The molecule has 0 radical (unpaired) electrons. The maximum Gasteiger partial charge on any atom is 0.0220 e. The Morgan fingerprint density at radius 2 is 1.05 bits per heavy atom. The second-order valence-corrected chi connectivity index (χ2v) is 6.94. The van der Waals surface area contributed by atoms with E-state index < -0.39 is 0 Å². The van der Waals surface area contributed by atoms with E-state index in [1.54, 1.807) is 4.42 Å². The summed E-state index contributed by atoms with van der Waals surface area (Å²) in [5, 5.41) is 0. The Bertz CT molecular complexity index is 182. The molecule has 0 aliphatic carbocycles. The Morgan fingerprint density at radius 3 is 1.40 bits per heavy atom. The minimum atomic E-state index is 0.518. The molecule has 20 heavy (non-hydrogen) atoms. The van der Waals surface area contributed by atoms with E-state index in [-0.39, 0.29) is 0 Å². The Kier molecular flexibility index (Phi) is 15.8. The summed E-state index contributed by atoms with van der Waals surface area (Å²) >= 11 is 5.91. The third-order valence-corrected chi connectivity index (χ3v) is 4.67. The van der Waals surface area contributed by atoms with Crippen LogP contribution in [0.25, 0.3) is 0 Å². The highest BCUT2D eigenvalue weighted by Gasteiger charge is 2.04. The van der Waals surface area contributed by atoms with Crippen LogP contribution < -0.4 is 0 Å². The smallest absolute Gasteiger partial charge is 0.0220 e. The molecule has 1 unspecified atom stereocenters. The highest BCUT2D eigenvalue weighted by molar-refractivity contribution is 6.13. The van der Waals surface area contributed by atoms with Crippen LogP contribution in [-0.2, 0) is 0 Å². The van der Waals surface area contributed by atoms with Crippen LogP contribution in [0.2, 0.25) is 0 Å². The van der Waals surface area contributed by atoms with Gasteiger partial charge in [0.25, 0.3) is 0 Å². The largest absolute Gasteiger partial charge is 0.220 e. The van der Waals surface area contributed by atoms with E-state index >= 15 is 0 Å². The lowest BCUT2D eigenvalue weighted by Gasteiger charge is -2.16. The molecule has 1 atom stereocenters. The molecule has 0 bridgehead atoms. The van der Waals surface area contributed by atoms with Crippen molar-refractivity contribution in [2.75, 3.05) is 7.05 Å². The highest BCUT2D eigenvalue weighted by atomic mass is 35.5. The van der Waals surface area contributed by atoms with Crippen molar-refractivity contribution in [3.05, 3.63) is 0 Å². The van der Waals surface area contributed by atoms with Gasteiger partial charge in [-0.2, -0.15) is 0 Å². The highest BCUT2D eigenvalue weighted by Crippen LogP contribution is 2.14. The van der Waals surface area contributed by atoms with Crippen molar-refractivity contribution in [3.8, 4) is 0 Å². The third kappa shape index (κ3) is 14.7. The molecule has 2 heteroatoms. The average Bonchev–Trinajstić information content (AvgIpc) is 2.43. The van der Waals surface area contributed by atoms with E-state index in [0.29, 0.717) is 6.04 Å².